The summed E-state index contributed by atoms with van der Waals surface area (Å²) >= 11 is 0. The summed E-state index contributed by atoms with van der Waals surface area (Å²) in [5.74, 6) is 0.238. The molecular formula is C21H20N6Na2O8S2. The fraction of sp³-hybridized carbons (Fsp3) is 0.143. The Morgan fingerprint density at radius 3 is 1.74 bits per heavy atom. The van der Waals surface area contributed by atoms with E-state index in [0.717, 1.165) is 29.8 Å². The molecule has 0 bridgehead atoms. The number of benzene rings is 3. The maximum absolute atomic E-state index is 11.8. The van der Waals surface area contributed by atoms with Gasteiger partial charge in [0.2, 0.25) is 0 Å². The summed E-state index contributed by atoms with van der Waals surface area (Å²) in [6.45, 7) is 1.83. The average Bonchev–Trinajstić information content (AvgIpc) is 2.82. The van der Waals surface area contributed by atoms with Gasteiger partial charge in [0, 0.05) is 0 Å². The quantitative estimate of drug-likeness (QED) is 0.124. The molecule has 3 aromatic rings. The van der Waals surface area contributed by atoms with Gasteiger partial charge in [-0.05, 0) is 48.9 Å². The Bertz CT molecular complexity index is 1650. The van der Waals surface area contributed by atoms with E-state index < -0.39 is 35.7 Å². The van der Waals surface area contributed by atoms with Crippen molar-refractivity contribution in [3.05, 3.63) is 48.0 Å². The average molecular weight is 595 g/mol. The summed E-state index contributed by atoms with van der Waals surface area (Å²) in [6, 6.07) is 8.88. The topological polar surface area (TPSA) is 234 Å². The minimum atomic E-state index is -5.10. The van der Waals surface area contributed by atoms with Gasteiger partial charge in [-0.15, -0.1) is 20.5 Å². The van der Waals surface area contributed by atoms with E-state index in [1.54, 1.807) is 18.2 Å². The molecule has 0 radical (unpaired) electrons. The van der Waals surface area contributed by atoms with Crippen LogP contribution in [0.2, 0.25) is 0 Å². The van der Waals surface area contributed by atoms with Gasteiger partial charge in [0.05, 0.1) is 35.4 Å². The summed E-state index contributed by atoms with van der Waals surface area (Å²) < 4.78 is 79.6. The van der Waals surface area contributed by atoms with Crippen molar-refractivity contribution in [3.63, 3.8) is 0 Å². The second-order valence-electron chi connectivity index (χ2n) is 7.39. The van der Waals surface area contributed by atoms with Crippen molar-refractivity contribution in [1.29, 1.82) is 0 Å². The fourth-order valence-corrected chi connectivity index (χ4v) is 4.14. The largest absolute Gasteiger partial charge is 1.00 e. The van der Waals surface area contributed by atoms with Gasteiger partial charge in [-0.1, -0.05) is 6.07 Å². The molecule has 0 heterocycles. The van der Waals surface area contributed by atoms with Crippen LogP contribution in [-0.4, -0.2) is 40.2 Å². The van der Waals surface area contributed by atoms with Gasteiger partial charge in [-0.3, -0.25) is 0 Å². The zero-order chi connectivity index (χ0) is 27.5. The number of aryl methyl sites for hydroxylation is 1. The van der Waals surface area contributed by atoms with Crippen LogP contribution < -0.4 is 80.1 Å². The molecule has 0 aliphatic rings. The summed E-state index contributed by atoms with van der Waals surface area (Å²) in [7, 11) is -7.24. The van der Waals surface area contributed by atoms with E-state index >= 15 is 0 Å². The second kappa shape index (κ2) is 14.0. The minimum Gasteiger partial charge on any atom is -0.744 e. The van der Waals surface area contributed by atoms with Crippen LogP contribution in [0.1, 0.15) is 5.56 Å². The van der Waals surface area contributed by atoms with Crippen molar-refractivity contribution in [1.82, 2.24) is 0 Å². The third-order valence-electron chi connectivity index (χ3n) is 4.89. The van der Waals surface area contributed by atoms with Gasteiger partial charge >= 0.3 is 59.1 Å². The van der Waals surface area contributed by atoms with Gasteiger partial charge in [-0.2, -0.15) is 0 Å². The first kappa shape index (κ1) is 34.9. The molecule has 0 amide bonds. The van der Waals surface area contributed by atoms with Crippen molar-refractivity contribution in [2.24, 2.45) is 20.5 Å². The Kier molecular flexibility index (Phi) is 12.5. The number of methoxy groups -OCH3 is 2. The molecule has 0 atom stereocenters. The molecule has 0 aromatic heterocycles. The van der Waals surface area contributed by atoms with E-state index in [4.69, 9.17) is 20.9 Å². The fourth-order valence-electron chi connectivity index (χ4n) is 3.04. The SMILES string of the molecule is COc1cc(S(=O)(=O)[O-])ccc1N=Nc1cc(S(=O)(=O)[O-])c(N)c(N=Nc2ccc(C)cc2OC)c1N.[Na+].[Na+]. The molecule has 0 saturated carbocycles. The Hall–Kier alpha value is -2.12. The van der Waals surface area contributed by atoms with Crippen molar-refractivity contribution in [2.75, 3.05) is 25.7 Å². The van der Waals surface area contributed by atoms with Crippen molar-refractivity contribution >= 4 is 54.4 Å². The predicted octanol–water partition coefficient (Wildman–Crippen LogP) is -2.18. The van der Waals surface area contributed by atoms with Crippen LogP contribution in [0, 0.1) is 6.92 Å². The number of hydrogen-bond acceptors (Lipinski definition) is 14. The molecule has 39 heavy (non-hydrogen) atoms. The number of anilines is 2. The van der Waals surface area contributed by atoms with Crippen molar-refractivity contribution in [3.8, 4) is 11.5 Å². The van der Waals surface area contributed by atoms with Gasteiger partial charge in [0.1, 0.15) is 54.5 Å². The van der Waals surface area contributed by atoms with E-state index in [0.29, 0.717) is 5.75 Å². The molecule has 0 spiro atoms. The molecule has 196 valence electrons. The normalized spacial score (nSPS) is 11.7. The number of hydrogen-bond donors (Lipinski definition) is 2. The van der Waals surface area contributed by atoms with Gasteiger partial charge in [0.15, 0.2) is 0 Å². The van der Waals surface area contributed by atoms with Gasteiger partial charge < -0.3 is 30.0 Å². The number of nitrogens with two attached hydrogens (primary N) is 2. The second-order valence-corrected chi connectivity index (χ2v) is 10.1. The molecule has 0 unspecified atom stereocenters. The number of nitrogens with zero attached hydrogens (tertiary/aromatic N) is 4. The zero-order valence-electron chi connectivity index (χ0n) is 21.6. The first-order valence-corrected chi connectivity index (χ1v) is 12.9. The van der Waals surface area contributed by atoms with E-state index in [9.17, 15) is 25.9 Å². The molecule has 18 heteroatoms. The molecule has 0 aliphatic heterocycles. The molecule has 0 fully saturated rings. The monoisotopic (exact) mass is 594 g/mol. The maximum atomic E-state index is 11.8. The van der Waals surface area contributed by atoms with Crippen LogP contribution in [0.5, 0.6) is 11.5 Å². The van der Waals surface area contributed by atoms with Crippen LogP contribution in [0.4, 0.5) is 34.1 Å². The van der Waals surface area contributed by atoms with Crippen LogP contribution >= 0.6 is 0 Å². The van der Waals surface area contributed by atoms with Crippen molar-refractivity contribution in [2.45, 2.75) is 16.7 Å². The van der Waals surface area contributed by atoms with E-state index in [1.165, 1.54) is 14.2 Å². The van der Waals surface area contributed by atoms with Crippen molar-refractivity contribution < 1.29 is 94.5 Å². The number of azo groups is 2. The van der Waals surface area contributed by atoms with Gasteiger partial charge in [-0.25, -0.2) is 16.8 Å². The summed E-state index contributed by atoms with van der Waals surface area (Å²) in [6.07, 6.45) is 0. The number of rotatable bonds is 8. The Balaban J connectivity index is 0.00000380. The molecule has 14 nitrogen and oxygen atoms in total. The first-order valence-electron chi connectivity index (χ1n) is 10.1. The standard InChI is InChI=1S/C21H22N6O8S2.2Na/c1-11-4-6-13(16(8-11)34-2)25-27-21-19(22)15(10-18(20(21)23)37(31,32)33)26-24-14-7-5-12(36(28,29)30)9-17(14)35-3;;/h4-10H,22-23H2,1-3H3,(H,28,29,30)(H,31,32,33);;/q;2*+1/p-2. The molecule has 0 aliphatic carbocycles. The van der Waals surface area contributed by atoms with Crippen LogP contribution in [0.15, 0.2) is 72.7 Å². The number of ether oxygens (including phenoxy) is 2. The van der Waals surface area contributed by atoms with Crippen LogP contribution in [0.3, 0.4) is 0 Å². The maximum Gasteiger partial charge on any atom is 1.00 e. The van der Waals surface area contributed by atoms with Crippen LogP contribution in [0.25, 0.3) is 0 Å². The molecule has 3 rings (SSSR count). The summed E-state index contributed by atoms with van der Waals surface area (Å²) in [5, 5.41) is 15.7. The Morgan fingerprint density at radius 1 is 0.692 bits per heavy atom. The first-order chi connectivity index (χ1) is 17.3. The Labute approximate surface area is 269 Å². The van der Waals surface area contributed by atoms with E-state index in [1.807, 2.05) is 6.92 Å². The third-order valence-corrected chi connectivity index (χ3v) is 6.59. The molecule has 0 saturated heterocycles. The Morgan fingerprint density at radius 2 is 1.21 bits per heavy atom. The summed E-state index contributed by atoms with van der Waals surface area (Å²) in [4.78, 5) is -1.43. The van der Waals surface area contributed by atoms with Crippen LogP contribution in [-0.2, 0) is 20.2 Å². The smallest absolute Gasteiger partial charge is 0.744 e. The summed E-state index contributed by atoms with van der Waals surface area (Å²) in [5.41, 5.74) is 11.6. The van der Waals surface area contributed by atoms with Gasteiger partial charge in [0.25, 0.3) is 0 Å². The molecule has 3 aromatic carbocycles. The minimum absolute atomic E-state index is 0. The molecular weight excluding hydrogens is 574 g/mol. The number of nitrogen functional groups attached to an aromatic ring is 2. The molecule has 4 N–H and O–H groups in total. The third kappa shape index (κ3) is 8.43. The zero-order valence-corrected chi connectivity index (χ0v) is 27.2. The predicted molar refractivity (Wildman–Crippen MR) is 130 cm³/mol. The van der Waals surface area contributed by atoms with E-state index in [-0.39, 0.29) is 93.3 Å². The van der Waals surface area contributed by atoms with E-state index in [2.05, 4.69) is 20.5 Å².